The third-order valence-electron chi connectivity index (χ3n) is 1.54. The second-order valence-corrected chi connectivity index (χ2v) is 4.46. The summed E-state index contributed by atoms with van der Waals surface area (Å²) in [6, 6.07) is 2.92. The molecular weight excluding hydrogens is 220 g/mol. The van der Waals surface area contributed by atoms with Crippen LogP contribution in [0.2, 0.25) is 0 Å². The van der Waals surface area contributed by atoms with E-state index in [0.29, 0.717) is 5.56 Å². The smallest absolute Gasteiger partial charge is 0.265 e. The predicted molar refractivity (Wildman–Crippen MR) is 52.1 cm³/mol. The van der Waals surface area contributed by atoms with Crippen LogP contribution in [-0.4, -0.2) is 25.6 Å². The lowest BCUT2D eigenvalue weighted by molar-refractivity contribution is -0.124. The number of hydrogen-bond donors (Lipinski definition) is 1. The lowest BCUT2D eigenvalue weighted by Crippen LogP contribution is -2.25. The highest BCUT2D eigenvalue weighted by atomic mass is 32.2. The van der Waals surface area contributed by atoms with Gasteiger partial charge in [0.15, 0.2) is 6.10 Å². The van der Waals surface area contributed by atoms with Crippen LogP contribution in [0.5, 0.6) is 0 Å². The van der Waals surface area contributed by atoms with Gasteiger partial charge in [-0.05, 0) is 17.7 Å². The maximum Gasteiger partial charge on any atom is 0.265 e. The van der Waals surface area contributed by atoms with E-state index in [9.17, 15) is 13.2 Å². The molecule has 0 fully saturated rings. The summed E-state index contributed by atoms with van der Waals surface area (Å²) >= 11 is 0. The van der Waals surface area contributed by atoms with Gasteiger partial charge < -0.3 is 5.73 Å². The van der Waals surface area contributed by atoms with E-state index in [2.05, 4.69) is 9.17 Å². The first-order valence-corrected chi connectivity index (χ1v) is 5.79. The molecule has 1 aromatic heterocycles. The Bertz CT molecular complexity index is 443. The minimum Gasteiger partial charge on any atom is -0.367 e. The van der Waals surface area contributed by atoms with Gasteiger partial charge in [0.1, 0.15) is 0 Å². The van der Waals surface area contributed by atoms with Gasteiger partial charge in [0, 0.05) is 12.4 Å². The van der Waals surface area contributed by atoms with Gasteiger partial charge in [0.2, 0.25) is 0 Å². The monoisotopic (exact) mass is 230 g/mol. The molecule has 0 bridgehead atoms. The Labute approximate surface area is 87.2 Å². The second-order valence-electron chi connectivity index (χ2n) is 2.86. The number of carbonyl (C=O) groups is 1. The van der Waals surface area contributed by atoms with Crippen LogP contribution in [0.4, 0.5) is 0 Å². The number of primary amides is 1. The van der Waals surface area contributed by atoms with E-state index >= 15 is 0 Å². The Morgan fingerprint density at radius 3 is 2.40 bits per heavy atom. The Hall–Kier alpha value is -1.47. The molecule has 0 aliphatic heterocycles. The Morgan fingerprint density at radius 1 is 1.47 bits per heavy atom. The molecule has 1 rings (SSSR count). The lowest BCUT2D eigenvalue weighted by atomic mass is 10.1. The van der Waals surface area contributed by atoms with Crippen molar-refractivity contribution in [2.45, 2.75) is 6.10 Å². The van der Waals surface area contributed by atoms with Crippen molar-refractivity contribution in [3.63, 3.8) is 0 Å². The highest BCUT2D eigenvalue weighted by Gasteiger charge is 2.23. The standard InChI is InChI=1S/C8H10N2O4S/c1-15(12,13)14-7(8(9)11)6-2-4-10-5-3-6/h2-5,7H,1H3,(H2,9,11). The third kappa shape index (κ3) is 3.64. The molecule has 0 spiro atoms. The molecule has 2 N–H and O–H groups in total. The Balaban J connectivity index is 3.00. The van der Waals surface area contributed by atoms with Gasteiger partial charge in [-0.2, -0.15) is 8.42 Å². The van der Waals surface area contributed by atoms with Gasteiger partial charge in [-0.3, -0.25) is 14.0 Å². The van der Waals surface area contributed by atoms with E-state index < -0.39 is 22.1 Å². The van der Waals surface area contributed by atoms with Crippen LogP contribution in [0, 0.1) is 0 Å². The summed E-state index contributed by atoms with van der Waals surface area (Å²) in [6.45, 7) is 0. The zero-order chi connectivity index (χ0) is 11.5. The van der Waals surface area contributed by atoms with E-state index in [4.69, 9.17) is 5.73 Å². The molecule has 1 amide bonds. The number of aromatic nitrogens is 1. The molecule has 0 saturated heterocycles. The number of nitrogens with two attached hydrogens (primary N) is 1. The van der Waals surface area contributed by atoms with Crippen molar-refractivity contribution in [2.24, 2.45) is 5.73 Å². The SMILES string of the molecule is CS(=O)(=O)OC(C(N)=O)c1ccncc1. The van der Waals surface area contributed by atoms with Gasteiger partial charge in [0.25, 0.3) is 16.0 Å². The van der Waals surface area contributed by atoms with Crippen molar-refractivity contribution in [2.75, 3.05) is 6.26 Å². The number of carbonyl (C=O) groups excluding carboxylic acids is 1. The second kappa shape index (κ2) is 4.37. The molecular formula is C8H10N2O4S. The van der Waals surface area contributed by atoms with Crippen LogP contribution >= 0.6 is 0 Å². The van der Waals surface area contributed by atoms with Crippen LogP contribution in [-0.2, 0) is 19.1 Å². The molecule has 1 atom stereocenters. The maximum atomic E-state index is 11.0. The van der Waals surface area contributed by atoms with Crippen LogP contribution in [0.25, 0.3) is 0 Å². The van der Waals surface area contributed by atoms with Gasteiger partial charge in [-0.1, -0.05) is 0 Å². The molecule has 0 aliphatic carbocycles. The average Bonchev–Trinajstić information content (AvgIpc) is 2.14. The molecule has 1 heterocycles. The van der Waals surface area contributed by atoms with Crippen molar-refractivity contribution in [3.05, 3.63) is 30.1 Å². The largest absolute Gasteiger partial charge is 0.367 e. The van der Waals surface area contributed by atoms with Gasteiger partial charge >= 0.3 is 0 Å². The van der Waals surface area contributed by atoms with Gasteiger partial charge in [0.05, 0.1) is 6.26 Å². The molecule has 0 saturated carbocycles. The fourth-order valence-corrected chi connectivity index (χ4v) is 1.54. The minimum absolute atomic E-state index is 0.350. The van der Waals surface area contributed by atoms with Crippen LogP contribution in [0.3, 0.4) is 0 Å². The van der Waals surface area contributed by atoms with Crippen molar-refractivity contribution >= 4 is 16.0 Å². The topological polar surface area (TPSA) is 99.4 Å². The van der Waals surface area contributed by atoms with E-state index in [1.165, 1.54) is 24.5 Å². The molecule has 1 unspecified atom stereocenters. The quantitative estimate of drug-likeness (QED) is 0.708. The average molecular weight is 230 g/mol. The molecule has 0 aromatic carbocycles. The molecule has 7 heteroatoms. The number of hydrogen-bond acceptors (Lipinski definition) is 5. The Morgan fingerprint density at radius 2 is 2.00 bits per heavy atom. The molecule has 15 heavy (non-hydrogen) atoms. The first kappa shape index (κ1) is 11.6. The van der Waals surface area contributed by atoms with E-state index in [1.54, 1.807) is 0 Å². The number of nitrogens with zero attached hydrogens (tertiary/aromatic N) is 1. The summed E-state index contributed by atoms with van der Waals surface area (Å²) in [5, 5.41) is 0. The minimum atomic E-state index is -3.74. The molecule has 0 aliphatic rings. The predicted octanol–water partition coefficient (Wildman–Crippen LogP) is -0.416. The zero-order valence-corrected chi connectivity index (χ0v) is 8.77. The van der Waals surface area contributed by atoms with Crippen molar-refractivity contribution in [3.8, 4) is 0 Å². The van der Waals surface area contributed by atoms with Crippen LogP contribution in [0.1, 0.15) is 11.7 Å². The van der Waals surface area contributed by atoms with E-state index in [1.807, 2.05) is 0 Å². The number of rotatable bonds is 4. The maximum absolute atomic E-state index is 11.0. The molecule has 82 valence electrons. The molecule has 0 radical (unpaired) electrons. The van der Waals surface area contributed by atoms with E-state index in [-0.39, 0.29) is 0 Å². The van der Waals surface area contributed by atoms with E-state index in [0.717, 1.165) is 6.26 Å². The summed E-state index contributed by atoms with van der Waals surface area (Å²) in [5.74, 6) is -0.869. The fourth-order valence-electron chi connectivity index (χ4n) is 0.980. The number of pyridine rings is 1. The number of amides is 1. The summed E-state index contributed by atoms with van der Waals surface area (Å²) in [4.78, 5) is 14.7. The van der Waals surface area contributed by atoms with Crippen molar-refractivity contribution in [1.29, 1.82) is 0 Å². The lowest BCUT2D eigenvalue weighted by Gasteiger charge is -2.12. The first-order valence-electron chi connectivity index (χ1n) is 3.97. The summed E-state index contributed by atoms with van der Waals surface area (Å²) in [7, 11) is -3.74. The van der Waals surface area contributed by atoms with Crippen LogP contribution in [0.15, 0.2) is 24.5 Å². The Kier molecular flexibility index (Phi) is 3.38. The van der Waals surface area contributed by atoms with Gasteiger partial charge in [-0.15, -0.1) is 0 Å². The normalized spacial score (nSPS) is 13.4. The van der Waals surface area contributed by atoms with Crippen LogP contribution < -0.4 is 5.73 Å². The third-order valence-corrected chi connectivity index (χ3v) is 2.08. The van der Waals surface area contributed by atoms with Crippen molar-refractivity contribution < 1.29 is 17.4 Å². The first-order chi connectivity index (χ1) is 6.90. The highest BCUT2D eigenvalue weighted by molar-refractivity contribution is 7.86. The molecule has 1 aromatic rings. The van der Waals surface area contributed by atoms with Gasteiger partial charge in [-0.25, -0.2) is 0 Å². The summed E-state index contributed by atoms with van der Waals surface area (Å²) in [5.41, 5.74) is 5.38. The zero-order valence-electron chi connectivity index (χ0n) is 7.95. The molecule has 6 nitrogen and oxygen atoms in total. The highest BCUT2D eigenvalue weighted by Crippen LogP contribution is 2.17. The summed E-state index contributed by atoms with van der Waals surface area (Å²) < 4.78 is 26.3. The van der Waals surface area contributed by atoms with Crippen molar-refractivity contribution in [1.82, 2.24) is 4.98 Å². The fraction of sp³-hybridized carbons (Fsp3) is 0.250. The summed E-state index contributed by atoms with van der Waals surface area (Å²) in [6.07, 6.45) is 2.38.